The largest absolute Gasteiger partial charge is 0.352 e. The van der Waals surface area contributed by atoms with Crippen molar-refractivity contribution in [1.82, 2.24) is 25.9 Å². The van der Waals surface area contributed by atoms with Gasteiger partial charge in [0.1, 0.15) is 17.2 Å². The van der Waals surface area contributed by atoms with Crippen LogP contribution in [0.3, 0.4) is 0 Å². The minimum atomic E-state index is -0.549. The summed E-state index contributed by atoms with van der Waals surface area (Å²) in [7, 11) is 0. The number of fused-ring (bicyclic) bond motifs is 1. The number of hydrogen-bond donors (Lipinski definition) is 4. The van der Waals surface area contributed by atoms with Crippen molar-refractivity contribution >= 4 is 34.9 Å². The summed E-state index contributed by atoms with van der Waals surface area (Å²) in [6.07, 6.45) is 1.21. The first-order chi connectivity index (χ1) is 16.5. The van der Waals surface area contributed by atoms with Crippen LogP contribution in [-0.4, -0.2) is 40.9 Å². The molecule has 0 aliphatic carbocycles. The second-order valence-electron chi connectivity index (χ2n) is 8.25. The summed E-state index contributed by atoms with van der Waals surface area (Å²) < 4.78 is 14.5. The van der Waals surface area contributed by atoms with Gasteiger partial charge in [-0.3, -0.25) is 9.59 Å². The molecule has 3 heterocycles. The second-order valence-corrected chi connectivity index (χ2v) is 8.66. The molecule has 2 amide bonds. The lowest BCUT2D eigenvalue weighted by Gasteiger charge is -2.13. The molecule has 1 unspecified atom stereocenters. The van der Waals surface area contributed by atoms with E-state index >= 15 is 0 Å². The van der Waals surface area contributed by atoms with E-state index in [1.54, 1.807) is 18.2 Å². The molecule has 1 aromatic heterocycles. The summed E-state index contributed by atoms with van der Waals surface area (Å²) in [6.45, 7) is 1.93. The molecule has 8 nitrogen and oxygen atoms in total. The van der Waals surface area contributed by atoms with E-state index in [1.807, 2.05) is 12.1 Å². The maximum Gasteiger partial charge on any atom is 0.257 e. The lowest BCUT2D eigenvalue weighted by Crippen LogP contribution is -2.37. The normalized spacial score (nSPS) is 16.8. The number of carbonyl (C=O) groups is 2. The molecule has 34 heavy (non-hydrogen) atoms. The Balaban J connectivity index is 1.38. The molecule has 1 saturated heterocycles. The number of halogens is 2. The Bertz CT molecular complexity index is 1240. The van der Waals surface area contributed by atoms with Crippen LogP contribution in [0.5, 0.6) is 0 Å². The van der Waals surface area contributed by atoms with Gasteiger partial charge in [-0.2, -0.15) is 0 Å². The standard InChI is InChI=1S/C24H22ClFN6O2/c25-16-2-1-3-17(26)20(16)22-31-18-12-28-24(34)21(18)23(32-22)30-14-6-4-13(5-7-14)10-19(33)29-15-8-9-27-11-15/h1-7,15,27H,8-12H2,(H,28,34)(H,29,33)(H,30,31,32). The third-order valence-electron chi connectivity index (χ3n) is 5.82. The quantitative estimate of drug-likeness (QED) is 0.432. The van der Waals surface area contributed by atoms with Gasteiger partial charge in [0, 0.05) is 18.3 Å². The van der Waals surface area contributed by atoms with Crippen molar-refractivity contribution in [2.45, 2.75) is 25.4 Å². The monoisotopic (exact) mass is 480 g/mol. The second kappa shape index (κ2) is 9.36. The number of nitrogens with one attached hydrogen (secondary N) is 4. The van der Waals surface area contributed by atoms with Gasteiger partial charge in [-0.25, -0.2) is 14.4 Å². The van der Waals surface area contributed by atoms with E-state index in [-0.39, 0.29) is 53.1 Å². The first kappa shape index (κ1) is 22.2. The molecule has 0 bridgehead atoms. The molecule has 2 aliphatic rings. The molecule has 0 spiro atoms. The number of nitrogens with zero attached hydrogens (tertiary/aromatic N) is 2. The van der Waals surface area contributed by atoms with Crippen molar-refractivity contribution in [1.29, 1.82) is 0 Å². The fourth-order valence-electron chi connectivity index (χ4n) is 4.12. The Labute approximate surface area is 200 Å². The molecular formula is C24H22ClFN6O2. The number of amides is 2. The van der Waals surface area contributed by atoms with Gasteiger partial charge in [0.15, 0.2) is 5.82 Å². The molecule has 2 aliphatic heterocycles. The number of carbonyl (C=O) groups excluding carboxylic acids is 2. The van der Waals surface area contributed by atoms with E-state index in [0.717, 1.165) is 25.1 Å². The molecule has 10 heteroatoms. The van der Waals surface area contributed by atoms with Crippen LogP contribution in [0, 0.1) is 5.82 Å². The maximum atomic E-state index is 14.5. The fourth-order valence-corrected chi connectivity index (χ4v) is 4.37. The number of rotatable bonds is 6. The van der Waals surface area contributed by atoms with Crippen molar-refractivity contribution in [3.05, 3.63) is 70.1 Å². The van der Waals surface area contributed by atoms with Crippen LogP contribution in [0.25, 0.3) is 11.4 Å². The highest BCUT2D eigenvalue weighted by molar-refractivity contribution is 6.33. The van der Waals surface area contributed by atoms with Gasteiger partial charge >= 0.3 is 0 Å². The minimum absolute atomic E-state index is 0.0221. The first-order valence-electron chi connectivity index (χ1n) is 11.0. The van der Waals surface area contributed by atoms with Gasteiger partial charge in [0.2, 0.25) is 5.91 Å². The Hall–Kier alpha value is -3.56. The van der Waals surface area contributed by atoms with E-state index < -0.39 is 5.82 Å². The summed E-state index contributed by atoms with van der Waals surface area (Å²) in [4.78, 5) is 33.5. The first-order valence-corrected chi connectivity index (χ1v) is 11.4. The van der Waals surface area contributed by atoms with Crippen molar-refractivity contribution in [3.8, 4) is 11.4 Å². The summed E-state index contributed by atoms with van der Waals surface area (Å²) in [5, 5.41) is 12.3. The molecular weight excluding hydrogens is 459 g/mol. The Morgan fingerprint density at radius 3 is 2.71 bits per heavy atom. The zero-order valence-corrected chi connectivity index (χ0v) is 18.9. The molecule has 1 atom stereocenters. The highest BCUT2D eigenvalue weighted by atomic mass is 35.5. The van der Waals surface area contributed by atoms with E-state index in [2.05, 4.69) is 31.2 Å². The van der Waals surface area contributed by atoms with Crippen LogP contribution in [0.2, 0.25) is 5.02 Å². The highest BCUT2D eigenvalue weighted by Crippen LogP contribution is 2.32. The van der Waals surface area contributed by atoms with Crippen LogP contribution >= 0.6 is 11.6 Å². The number of benzene rings is 2. The fraction of sp³-hybridized carbons (Fsp3) is 0.250. The number of aromatic nitrogens is 2. The molecule has 3 aromatic rings. The number of anilines is 2. The van der Waals surface area contributed by atoms with Gasteiger partial charge in [0.05, 0.1) is 29.2 Å². The third-order valence-corrected chi connectivity index (χ3v) is 6.14. The van der Waals surface area contributed by atoms with Crippen LogP contribution in [0.15, 0.2) is 42.5 Å². The van der Waals surface area contributed by atoms with Gasteiger partial charge in [-0.1, -0.05) is 29.8 Å². The minimum Gasteiger partial charge on any atom is -0.352 e. The average molecular weight is 481 g/mol. The Kier molecular flexibility index (Phi) is 6.12. The topological polar surface area (TPSA) is 108 Å². The number of hydrogen-bond acceptors (Lipinski definition) is 6. The van der Waals surface area contributed by atoms with Crippen molar-refractivity contribution in [3.63, 3.8) is 0 Å². The van der Waals surface area contributed by atoms with Gasteiger partial charge in [0.25, 0.3) is 5.91 Å². The van der Waals surface area contributed by atoms with Crippen LogP contribution in [0.1, 0.15) is 28.0 Å². The van der Waals surface area contributed by atoms with Crippen LogP contribution < -0.4 is 21.3 Å². The smallest absolute Gasteiger partial charge is 0.257 e. The van der Waals surface area contributed by atoms with E-state index in [9.17, 15) is 14.0 Å². The van der Waals surface area contributed by atoms with E-state index in [1.165, 1.54) is 12.1 Å². The zero-order chi connectivity index (χ0) is 23.7. The summed E-state index contributed by atoms with van der Waals surface area (Å²) in [5.41, 5.74) is 2.37. The average Bonchev–Trinajstić information content (AvgIpc) is 3.45. The highest BCUT2D eigenvalue weighted by Gasteiger charge is 2.28. The lowest BCUT2D eigenvalue weighted by molar-refractivity contribution is -0.121. The molecule has 5 rings (SSSR count). The van der Waals surface area contributed by atoms with Crippen molar-refractivity contribution in [2.24, 2.45) is 0 Å². The Morgan fingerprint density at radius 2 is 1.97 bits per heavy atom. The summed E-state index contributed by atoms with van der Waals surface area (Å²) in [6, 6.07) is 11.8. The van der Waals surface area contributed by atoms with Crippen LogP contribution in [0.4, 0.5) is 15.9 Å². The molecule has 0 saturated carbocycles. The SMILES string of the molecule is O=C(Cc1ccc(Nc2nc(-c3c(F)cccc3Cl)nc3c2C(=O)NC3)cc1)NC1CCNC1. The van der Waals surface area contributed by atoms with Gasteiger partial charge in [-0.15, -0.1) is 0 Å². The van der Waals surface area contributed by atoms with Gasteiger partial charge < -0.3 is 21.3 Å². The molecule has 4 N–H and O–H groups in total. The van der Waals surface area contributed by atoms with E-state index in [0.29, 0.717) is 16.9 Å². The lowest BCUT2D eigenvalue weighted by atomic mass is 10.1. The van der Waals surface area contributed by atoms with Crippen molar-refractivity contribution < 1.29 is 14.0 Å². The molecule has 174 valence electrons. The molecule has 1 fully saturated rings. The maximum absolute atomic E-state index is 14.5. The Morgan fingerprint density at radius 1 is 1.15 bits per heavy atom. The van der Waals surface area contributed by atoms with Gasteiger partial charge in [-0.05, 0) is 42.8 Å². The molecule has 0 radical (unpaired) electrons. The third kappa shape index (κ3) is 4.57. The van der Waals surface area contributed by atoms with Crippen LogP contribution in [-0.2, 0) is 17.8 Å². The predicted octanol–water partition coefficient (Wildman–Crippen LogP) is 2.94. The molecule has 2 aromatic carbocycles. The zero-order valence-electron chi connectivity index (χ0n) is 18.1. The van der Waals surface area contributed by atoms with Crippen molar-refractivity contribution in [2.75, 3.05) is 18.4 Å². The summed E-state index contributed by atoms with van der Waals surface area (Å²) in [5.74, 6) is -0.528. The predicted molar refractivity (Wildman–Crippen MR) is 126 cm³/mol. The van der Waals surface area contributed by atoms with E-state index in [4.69, 9.17) is 11.6 Å². The summed E-state index contributed by atoms with van der Waals surface area (Å²) >= 11 is 6.21.